The molecule has 12 heavy (non-hydrogen) atoms. The van der Waals surface area contributed by atoms with Crippen LogP contribution in [0.2, 0.25) is 0 Å². The van der Waals surface area contributed by atoms with E-state index in [1.165, 1.54) is 0 Å². The smallest absolute Gasteiger partial charge is 0.111 e. The maximum atomic E-state index is 8.20. The molecule has 0 N–H and O–H groups in total. The molecule has 0 bridgehead atoms. The van der Waals surface area contributed by atoms with Crippen LogP contribution >= 0.6 is 88.6 Å². The molecule has 2 radical (unpaired) electrons. The van der Waals surface area contributed by atoms with Gasteiger partial charge in [0.2, 0.25) is 0 Å². The highest BCUT2D eigenvalue weighted by molar-refractivity contribution is 9.15. The largest absolute Gasteiger partial charge is 0.138 e. The molecule has 0 rings (SSSR count). The molecule has 0 aliphatic rings. The summed E-state index contributed by atoms with van der Waals surface area (Å²) in [6.07, 6.45) is 0. The lowest BCUT2D eigenvalue weighted by atomic mass is 10.8. The van der Waals surface area contributed by atoms with Gasteiger partial charge in [-0.15, -0.1) is 52.8 Å². The van der Waals surface area contributed by atoms with Crippen LogP contribution < -0.4 is 0 Å². The Bertz CT molecular complexity index is 126. The maximum Gasteiger partial charge on any atom is 0.111 e. The van der Waals surface area contributed by atoms with Crippen molar-refractivity contribution in [1.82, 2.24) is 0 Å². The molecule has 0 fully saturated rings. The topological polar surface area (TPSA) is 0 Å². The van der Waals surface area contributed by atoms with E-state index in [0.717, 1.165) is 0 Å². The number of hydrogen-bond acceptors (Lipinski definition) is 0. The quantitative estimate of drug-likeness (QED) is 0.421. The minimum Gasteiger partial charge on any atom is -0.138 e. The molecule has 8 unspecified atom stereocenters. The fourth-order valence-corrected chi connectivity index (χ4v) is 74.5. The fourth-order valence-electron chi connectivity index (χ4n) is 0.324. The molecule has 0 aromatic heterocycles. The molecule has 0 aromatic rings. The first kappa shape index (κ1) is 14.9. The maximum absolute atomic E-state index is 8.20. The molecular formula is H12BP11. The predicted molar refractivity (Wildman–Crippen MR) is 98.6 cm³/mol. The van der Waals surface area contributed by atoms with Gasteiger partial charge >= 0.3 is 0 Å². The molecule has 0 heterocycles. The van der Waals surface area contributed by atoms with Gasteiger partial charge in [0.05, 0.1) is 1.28 Å². The molecule has 8 atom stereocenters. The average Bonchev–Trinajstić information content (AvgIpc) is 2.01. The molecule has 0 nitrogen and oxygen atoms in total. The highest BCUT2D eigenvalue weighted by Gasteiger charge is 2.19. The summed E-state index contributed by atoms with van der Waals surface area (Å²) < 4.78 is 8.20. The van der Waals surface area contributed by atoms with Gasteiger partial charge in [0.15, 0.2) is 0 Å². The Kier molecular flexibility index (Phi) is 12.1. The van der Waals surface area contributed by atoms with Crippen molar-refractivity contribution >= 4 is 96.2 Å². The van der Waals surface area contributed by atoms with Gasteiger partial charge in [-0.3, -0.25) is 0 Å². The highest BCUT2D eigenvalue weighted by atomic mass is 33.2. The molecule has 0 aromatic carbocycles. The van der Waals surface area contributed by atoms with Crippen molar-refractivity contribution in [3.05, 3.63) is 0 Å². The van der Waals surface area contributed by atoms with E-state index < -0.39 is 7.90 Å². The van der Waals surface area contributed by atoms with E-state index in [0.29, 0.717) is 8.15 Å². The van der Waals surface area contributed by atoms with Gasteiger partial charge in [0.1, 0.15) is 7.57 Å². The standard InChI is InChI=1S/BH12P11/c1-7-11(6)8-12(9(2)3)10(4)5/h7-8H,2-6H2/i8T. The van der Waals surface area contributed by atoms with Crippen LogP contribution in [-0.4, -0.2) is 8.84 Å². The van der Waals surface area contributed by atoms with Crippen LogP contribution in [-0.2, 0) is 0 Å². The first-order chi connectivity index (χ1) is 5.91. The van der Waals surface area contributed by atoms with E-state index in [9.17, 15) is 0 Å². The zero-order valence-corrected chi connectivity index (χ0v) is 17.4. The molecule has 12 heteroatoms. The monoisotopic (exact) mass is 366 g/mol. The lowest BCUT2D eigenvalue weighted by Crippen LogP contribution is -1.39. The van der Waals surface area contributed by atoms with E-state index in [-0.39, 0.29) is 27.9 Å². The second kappa shape index (κ2) is 9.79. The molecule has 0 amide bonds. The van der Waals surface area contributed by atoms with Crippen molar-refractivity contribution < 1.29 is 0 Å². The number of rotatable bonds is 5. The first-order valence-corrected chi connectivity index (χ1v) is 21.7. The van der Waals surface area contributed by atoms with Crippen molar-refractivity contribution in [3.8, 4) is 0 Å². The van der Waals surface area contributed by atoms with Gasteiger partial charge in [-0.2, -0.15) is 0 Å². The lowest BCUT2D eigenvalue weighted by Gasteiger charge is -2.27. The zero-order valence-electron chi connectivity index (χ0n) is 7.20. The van der Waals surface area contributed by atoms with Gasteiger partial charge in [-0.05, 0) is 27.9 Å². The average molecular weight is 366 g/mol. The van der Waals surface area contributed by atoms with Gasteiger partial charge in [-0.25, -0.2) is 0 Å². The molecule has 0 saturated carbocycles. The molecule has 0 saturated heterocycles. The summed E-state index contributed by atoms with van der Waals surface area (Å²) in [5.41, 5.74) is 0. The summed E-state index contributed by atoms with van der Waals surface area (Å²) in [4.78, 5) is 0. The summed E-state index contributed by atoms with van der Waals surface area (Å²) in [5.74, 6) is 0. The van der Waals surface area contributed by atoms with Crippen LogP contribution in [0.25, 0.3) is 0 Å². The van der Waals surface area contributed by atoms with Gasteiger partial charge < -0.3 is 0 Å². The Balaban J connectivity index is 4.36. The minimum absolute atomic E-state index is 0.103. The second-order valence-corrected chi connectivity index (χ2v) is 40.6. The molecule has 0 aliphatic heterocycles. The third kappa shape index (κ3) is 7.97. The van der Waals surface area contributed by atoms with Crippen molar-refractivity contribution in [1.29, 1.82) is 1.28 Å². The summed E-state index contributed by atoms with van der Waals surface area (Å²) in [7, 11) is 19.8. The van der Waals surface area contributed by atoms with Crippen LogP contribution in [0.15, 0.2) is 0 Å². The summed E-state index contributed by atoms with van der Waals surface area (Å²) in [6.45, 7) is -0.625. The Morgan fingerprint density at radius 1 is 1.08 bits per heavy atom. The second-order valence-electron chi connectivity index (χ2n) is 1.59. The van der Waals surface area contributed by atoms with Crippen molar-refractivity contribution in [2.45, 2.75) is 0 Å². The first-order valence-electron chi connectivity index (χ1n) is 3.05. The highest BCUT2D eigenvalue weighted by Crippen LogP contribution is 3.09. The van der Waals surface area contributed by atoms with E-state index in [2.05, 4.69) is 44.6 Å². The summed E-state index contributed by atoms with van der Waals surface area (Å²) in [5, 5.41) is 0. The summed E-state index contributed by atoms with van der Waals surface area (Å²) >= 11 is 0. The Hall–Kier alpha value is 4.79. The minimum atomic E-state index is -0.580. The zero-order chi connectivity index (χ0) is 10.6. The van der Waals surface area contributed by atoms with E-state index in [1.807, 2.05) is 0 Å². The van der Waals surface area contributed by atoms with Crippen LogP contribution in [0, 0.1) is 0 Å². The third-order valence-corrected chi connectivity index (χ3v) is 51.3. The summed E-state index contributed by atoms with van der Waals surface area (Å²) in [6, 6.07) is 0. The van der Waals surface area contributed by atoms with E-state index in [4.69, 9.17) is 8.84 Å². The fraction of sp³-hybridized carbons (Fsp3) is 0. The van der Waals surface area contributed by atoms with Gasteiger partial charge in [0.25, 0.3) is 0 Å². The Morgan fingerprint density at radius 2 is 1.50 bits per heavy atom. The lowest BCUT2D eigenvalue weighted by molar-refractivity contribution is 4.67. The van der Waals surface area contributed by atoms with Crippen molar-refractivity contribution in [2.75, 3.05) is 0 Å². The Labute approximate surface area is 97.2 Å². The molecule has 0 aliphatic carbocycles. The predicted octanol–water partition coefficient (Wildman–Crippen LogP) is 5.88. The van der Waals surface area contributed by atoms with Gasteiger partial charge in [-0.1, -0.05) is 7.90 Å². The van der Waals surface area contributed by atoms with Crippen LogP contribution in [0.4, 0.5) is 0 Å². The van der Waals surface area contributed by atoms with E-state index in [1.54, 1.807) is 0 Å². The van der Waals surface area contributed by atoms with Crippen molar-refractivity contribution in [2.24, 2.45) is 0 Å². The molecule has 0 spiro atoms. The SMILES string of the molecule is [3H]P(P(P)P[B])P(P(P)P)P(P)P. The molecule has 70 valence electrons. The van der Waals surface area contributed by atoms with Crippen LogP contribution in [0.3, 0.4) is 0 Å². The number of hydrogen-bond donors (Lipinski definition) is 0. The van der Waals surface area contributed by atoms with Gasteiger partial charge in [0, 0.05) is 0 Å². The van der Waals surface area contributed by atoms with Crippen LogP contribution in [0.5, 0.6) is 0 Å². The van der Waals surface area contributed by atoms with E-state index >= 15 is 0 Å². The third-order valence-electron chi connectivity index (χ3n) is 0.722. The Morgan fingerprint density at radius 3 is 1.75 bits per heavy atom. The molecular weight excluding hydrogens is 352 g/mol. The van der Waals surface area contributed by atoms with Crippen LogP contribution in [0.1, 0.15) is 0 Å². The van der Waals surface area contributed by atoms with Crippen molar-refractivity contribution in [3.63, 3.8) is 0 Å². The normalized spacial score (nSPS) is 19.5.